The summed E-state index contributed by atoms with van der Waals surface area (Å²) in [6.45, 7) is 15.4. The molecule has 182 valence electrons. The van der Waals surface area contributed by atoms with Crippen molar-refractivity contribution in [3.63, 3.8) is 0 Å². The van der Waals surface area contributed by atoms with Gasteiger partial charge in [0, 0.05) is 0 Å². The third kappa shape index (κ3) is 5.85. The summed E-state index contributed by atoms with van der Waals surface area (Å²) >= 11 is -2.98. The summed E-state index contributed by atoms with van der Waals surface area (Å²) in [7, 11) is 0. The van der Waals surface area contributed by atoms with Crippen LogP contribution >= 0.6 is 0 Å². The number of ether oxygens (including phenoxy) is 1. The fourth-order valence-electron chi connectivity index (χ4n) is 6.09. The minimum absolute atomic E-state index is 0.0859. The second kappa shape index (κ2) is 12.7. The Morgan fingerprint density at radius 3 is 1.91 bits per heavy atom. The van der Waals surface area contributed by atoms with Gasteiger partial charge < -0.3 is 0 Å². The molecule has 0 heterocycles. The standard InChI is InChI=1S/C16H22NO2.3C4H9.Sn/c1-11(2)17(12(3)4)16(18)19-15-10-9-13-7-5-6-8-14(13)15;3*1-3-4-2;/h5-8,11-12H,9-10H2,1-4H3;3*1,3-4H2,2H3;. The minimum atomic E-state index is -2.98. The molecule has 1 aliphatic carbocycles. The Morgan fingerprint density at radius 1 is 0.938 bits per heavy atom. The Labute approximate surface area is 202 Å². The molecule has 1 aromatic rings. The van der Waals surface area contributed by atoms with Crippen LogP contribution in [0.5, 0.6) is 0 Å². The Bertz CT molecular complexity index is 687. The number of hydrogen-bond acceptors (Lipinski definition) is 2. The van der Waals surface area contributed by atoms with Crippen LogP contribution in [0.3, 0.4) is 0 Å². The average molecular weight is 550 g/mol. The van der Waals surface area contributed by atoms with Crippen LogP contribution in [0.2, 0.25) is 13.3 Å². The Hall–Kier alpha value is -0.711. The van der Waals surface area contributed by atoms with Crippen molar-refractivity contribution in [1.82, 2.24) is 4.90 Å². The molecule has 1 atom stereocenters. The molecule has 0 aromatic heterocycles. The molecular weight excluding hydrogens is 501 g/mol. The van der Waals surface area contributed by atoms with E-state index in [2.05, 4.69) is 72.7 Å². The molecule has 1 amide bonds. The maximum absolute atomic E-state index is 13.8. The van der Waals surface area contributed by atoms with Crippen LogP contribution < -0.4 is 0 Å². The van der Waals surface area contributed by atoms with Gasteiger partial charge in [0.2, 0.25) is 0 Å². The number of amides is 1. The van der Waals surface area contributed by atoms with E-state index < -0.39 is 18.4 Å². The van der Waals surface area contributed by atoms with E-state index >= 15 is 0 Å². The molecule has 4 heteroatoms. The van der Waals surface area contributed by atoms with Gasteiger partial charge in [-0.1, -0.05) is 0 Å². The second-order valence-electron chi connectivity index (χ2n) is 10.5. The summed E-state index contributed by atoms with van der Waals surface area (Å²) in [5.41, 5.74) is 2.80. The van der Waals surface area contributed by atoms with E-state index in [0.29, 0.717) is 0 Å². The molecule has 0 bridgehead atoms. The molecule has 0 spiro atoms. The molecule has 1 aliphatic rings. The van der Waals surface area contributed by atoms with Gasteiger partial charge >= 0.3 is 203 Å². The normalized spacial score (nSPS) is 18.3. The van der Waals surface area contributed by atoms with E-state index in [0.717, 1.165) is 12.8 Å². The molecule has 3 nitrogen and oxygen atoms in total. The van der Waals surface area contributed by atoms with Crippen LogP contribution in [0.25, 0.3) is 0 Å². The first-order valence-electron chi connectivity index (χ1n) is 13.4. The zero-order chi connectivity index (χ0) is 23.8. The monoisotopic (exact) mass is 551 g/mol. The van der Waals surface area contributed by atoms with Gasteiger partial charge in [0.15, 0.2) is 0 Å². The van der Waals surface area contributed by atoms with E-state index in [4.69, 9.17) is 4.74 Å². The van der Waals surface area contributed by atoms with Crippen LogP contribution in [0.4, 0.5) is 4.79 Å². The molecule has 0 unspecified atom stereocenters. The van der Waals surface area contributed by atoms with E-state index in [9.17, 15) is 4.79 Å². The first-order chi connectivity index (χ1) is 15.3. The zero-order valence-corrected chi connectivity index (χ0v) is 24.9. The van der Waals surface area contributed by atoms with Gasteiger partial charge in [0.05, 0.1) is 0 Å². The third-order valence-corrected chi connectivity index (χ3v) is 25.6. The fraction of sp³-hybridized carbons (Fsp3) is 0.750. The van der Waals surface area contributed by atoms with Crippen molar-refractivity contribution in [3.05, 3.63) is 35.4 Å². The second-order valence-corrected chi connectivity index (χ2v) is 24.4. The maximum atomic E-state index is 13.8. The molecule has 32 heavy (non-hydrogen) atoms. The predicted molar refractivity (Wildman–Crippen MR) is 140 cm³/mol. The molecule has 0 fully saturated rings. The van der Waals surface area contributed by atoms with Gasteiger partial charge in [0.1, 0.15) is 0 Å². The van der Waals surface area contributed by atoms with Crippen molar-refractivity contribution in [2.75, 3.05) is 0 Å². The number of carbonyl (C=O) groups is 1. The number of benzene rings is 1. The van der Waals surface area contributed by atoms with Crippen molar-refractivity contribution in [2.45, 2.75) is 129 Å². The van der Waals surface area contributed by atoms with E-state index in [1.807, 2.05) is 4.90 Å². The molecule has 0 saturated heterocycles. The molecule has 0 N–H and O–H groups in total. The van der Waals surface area contributed by atoms with Crippen molar-refractivity contribution in [2.24, 2.45) is 0 Å². The SMILES string of the molecule is CCC[CH2][Sn]([CH2]CCC)([CH2]CCC)[C@]1(OC(=O)N(C(C)C)C(C)C)CCc2ccccc21. The van der Waals surface area contributed by atoms with Gasteiger partial charge in [-0.2, -0.15) is 0 Å². The summed E-state index contributed by atoms with van der Waals surface area (Å²) in [5.74, 6) is 0. The molecule has 0 saturated carbocycles. The summed E-state index contributed by atoms with van der Waals surface area (Å²) in [5, 5.41) is 0. The van der Waals surface area contributed by atoms with Crippen molar-refractivity contribution < 1.29 is 9.53 Å². The molecule has 0 radical (unpaired) electrons. The van der Waals surface area contributed by atoms with E-state index in [1.165, 1.54) is 63.0 Å². The van der Waals surface area contributed by atoms with Crippen molar-refractivity contribution in [1.29, 1.82) is 0 Å². The number of rotatable bonds is 13. The van der Waals surface area contributed by atoms with Crippen LogP contribution in [-0.4, -0.2) is 41.5 Å². The van der Waals surface area contributed by atoms with Gasteiger partial charge in [-0.25, -0.2) is 0 Å². The Morgan fingerprint density at radius 2 is 1.44 bits per heavy atom. The van der Waals surface area contributed by atoms with Crippen molar-refractivity contribution >= 4 is 24.5 Å². The number of fused-ring (bicyclic) bond motifs is 1. The van der Waals surface area contributed by atoms with Crippen molar-refractivity contribution in [3.8, 4) is 0 Å². The van der Waals surface area contributed by atoms with E-state index in [1.54, 1.807) is 0 Å². The fourth-order valence-corrected chi connectivity index (χ4v) is 25.6. The first kappa shape index (κ1) is 27.5. The Balaban J connectivity index is 2.65. The third-order valence-electron chi connectivity index (χ3n) is 7.67. The van der Waals surface area contributed by atoms with Gasteiger partial charge in [0.25, 0.3) is 0 Å². The summed E-state index contributed by atoms with van der Waals surface area (Å²) in [4.78, 5) is 15.8. The number of carbonyl (C=O) groups excluding carboxylic acids is 1. The van der Waals surface area contributed by atoms with Gasteiger partial charge in [-0.3, -0.25) is 0 Å². The number of unbranched alkanes of at least 4 members (excludes halogenated alkanes) is 3. The number of aryl methyl sites for hydroxylation is 1. The Kier molecular flexibility index (Phi) is 10.9. The average Bonchev–Trinajstić information content (AvgIpc) is 3.13. The summed E-state index contributed by atoms with van der Waals surface area (Å²) < 4.78 is 10.7. The quantitative estimate of drug-likeness (QED) is 0.231. The topological polar surface area (TPSA) is 29.5 Å². The van der Waals surface area contributed by atoms with Crippen LogP contribution in [0, 0.1) is 0 Å². The summed E-state index contributed by atoms with van der Waals surface area (Å²) in [6, 6.07) is 9.20. The van der Waals surface area contributed by atoms with Crippen LogP contribution in [-0.2, 0) is 14.8 Å². The van der Waals surface area contributed by atoms with Gasteiger partial charge in [-0.15, -0.1) is 0 Å². The number of nitrogens with zero attached hydrogens (tertiary/aromatic N) is 1. The molecule has 2 rings (SSSR count). The first-order valence-corrected chi connectivity index (χ1v) is 20.9. The van der Waals surface area contributed by atoms with E-state index in [-0.39, 0.29) is 21.8 Å². The molecule has 1 aromatic carbocycles. The zero-order valence-electron chi connectivity index (χ0n) is 22.0. The van der Waals surface area contributed by atoms with Gasteiger partial charge in [-0.05, 0) is 0 Å². The number of hydrogen-bond donors (Lipinski definition) is 0. The van der Waals surface area contributed by atoms with Crippen LogP contribution in [0.1, 0.15) is 105 Å². The molecule has 0 aliphatic heterocycles. The van der Waals surface area contributed by atoms with Crippen LogP contribution in [0.15, 0.2) is 24.3 Å². The summed E-state index contributed by atoms with van der Waals surface area (Å²) in [6.07, 6.45) is 9.50. The predicted octanol–water partition coefficient (Wildman–Crippen LogP) is 8.47. The molecular formula is C28H49NO2Sn.